The molecule has 2 rings (SSSR count). The van der Waals surface area contributed by atoms with Crippen molar-refractivity contribution in [2.45, 2.75) is 6.92 Å². The maximum atomic E-state index is 13.3. The van der Waals surface area contributed by atoms with Gasteiger partial charge < -0.3 is 10.6 Å². The molecule has 0 saturated heterocycles. The van der Waals surface area contributed by atoms with E-state index in [1.54, 1.807) is 6.07 Å². The molecule has 5 heteroatoms. The number of benzene rings is 2. The van der Waals surface area contributed by atoms with E-state index in [0.29, 0.717) is 5.69 Å². The van der Waals surface area contributed by atoms with Crippen molar-refractivity contribution in [1.82, 2.24) is 0 Å². The third-order valence-corrected chi connectivity index (χ3v) is 2.69. The van der Waals surface area contributed by atoms with Crippen molar-refractivity contribution in [2.75, 3.05) is 17.2 Å². The van der Waals surface area contributed by atoms with Crippen LogP contribution in [0.5, 0.6) is 0 Å². The molecule has 0 spiro atoms. The summed E-state index contributed by atoms with van der Waals surface area (Å²) in [7, 11) is 0. The van der Waals surface area contributed by atoms with Gasteiger partial charge in [0.25, 0.3) is 0 Å². The minimum Gasteiger partial charge on any atom is -0.371 e. The van der Waals surface area contributed by atoms with E-state index in [1.165, 1.54) is 6.07 Å². The molecule has 0 aliphatic carbocycles. The number of rotatable bonds is 4. The highest BCUT2D eigenvalue weighted by Crippen LogP contribution is 2.17. The van der Waals surface area contributed by atoms with Crippen molar-refractivity contribution in [1.29, 1.82) is 0 Å². The maximum absolute atomic E-state index is 13.3. The molecular formula is C15H14F2N2O. The molecule has 2 aromatic carbocycles. The van der Waals surface area contributed by atoms with Gasteiger partial charge in [0.15, 0.2) is 0 Å². The normalized spacial score (nSPS) is 10.2. The van der Waals surface area contributed by atoms with Crippen molar-refractivity contribution in [3.05, 3.63) is 59.7 Å². The number of para-hydroxylation sites is 1. The summed E-state index contributed by atoms with van der Waals surface area (Å²) in [5.74, 6) is -1.83. The van der Waals surface area contributed by atoms with Gasteiger partial charge in [-0.25, -0.2) is 8.78 Å². The maximum Gasteiger partial charge on any atom is 0.243 e. The number of carbonyl (C=O) groups excluding carboxylic acids is 1. The number of carbonyl (C=O) groups is 1. The van der Waals surface area contributed by atoms with E-state index in [9.17, 15) is 13.6 Å². The zero-order valence-electron chi connectivity index (χ0n) is 10.9. The lowest BCUT2D eigenvalue weighted by Gasteiger charge is -2.09. The van der Waals surface area contributed by atoms with Gasteiger partial charge in [0, 0.05) is 5.69 Å². The summed E-state index contributed by atoms with van der Waals surface area (Å²) in [6.07, 6.45) is 0. The first-order chi connectivity index (χ1) is 9.56. The fourth-order valence-corrected chi connectivity index (χ4v) is 1.76. The van der Waals surface area contributed by atoms with E-state index in [1.807, 2.05) is 25.1 Å². The average molecular weight is 276 g/mol. The number of amides is 1. The summed E-state index contributed by atoms with van der Waals surface area (Å²) in [5.41, 5.74) is 1.36. The molecule has 0 saturated carbocycles. The Morgan fingerprint density at radius 3 is 2.40 bits per heavy atom. The Bertz CT molecular complexity index is 609. The van der Waals surface area contributed by atoms with Crippen LogP contribution in [-0.2, 0) is 4.79 Å². The van der Waals surface area contributed by atoms with Crippen molar-refractivity contribution in [3.63, 3.8) is 0 Å². The number of nitrogens with one attached hydrogen (secondary N) is 2. The Morgan fingerprint density at radius 2 is 1.75 bits per heavy atom. The average Bonchev–Trinajstić information content (AvgIpc) is 2.38. The Labute approximate surface area is 115 Å². The minimum atomic E-state index is -0.728. The smallest absolute Gasteiger partial charge is 0.243 e. The molecule has 0 atom stereocenters. The predicted octanol–water partition coefficient (Wildman–Crippen LogP) is 3.32. The molecule has 0 aliphatic rings. The summed E-state index contributed by atoms with van der Waals surface area (Å²) < 4.78 is 26.7. The van der Waals surface area contributed by atoms with Crippen LogP contribution in [0.15, 0.2) is 42.5 Å². The first kappa shape index (κ1) is 14.0. The second-order valence-electron chi connectivity index (χ2n) is 4.37. The van der Waals surface area contributed by atoms with Gasteiger partial charge in [-0.15, -0.1) is 0 Å². The van der Waals surface area contributed by atoms with E-state index < -0.39 is 11.6 Å². The molecule has 0 fully saturated rings. The van der Waals surface area contributed by atoms with Gasteiger partial charge in [-0.05, 0) is 36.8 Å². The molecule has 2 aromatic rings. The standard InChI is InChI=1S/C15H14F2N2O/c1-10-4-2-5-11(8-10)19-14(20)9-18-15-12(16)6-3-7-13(15)17/h2-8,18H,9H2,1H3,(H,19,20). The summed E-state index contributed by atoms with van der Waals surface area (Å²) in [6.45, 7) is 1.69. The van der Waals surface area contributed by atoms with Crippen LogP contribution in [0.2, 0.25) is 0 Å². The number of anilines is 2. The number of aryl methyl sites for hydroxylation is 1. The number of hydrogen-bond acceptors (Lipinski definition) is 2. The van der Waals surface area contributed by atoms with Gasteiger partial charge in [-0.2, -0.15) is 0 Å². The van der Waals surface area contributed by atoms with Crippen LogP contribution in [0.4, 0.5) is 20.2 Å². The highest BCUT2D eigenvalue weighted by atomic mass is 19.1. The Hall–Kier alpha value is -2.43. The Kier molecular flexibility index (Phi) is 4.30. The molecule has 0 unspecified atom stereocenters. The quantitative estimate of drug-likeness (QED) is 0.899. The van der Waals surface area contributed by atoms with Crippen LogP contribution >= 0.6 is 0 Å². The molecule has 2 N–H and O–H groups in total. The van der Waals surface area contributed by atoms with E-state index in [-0.39, 0.29) is 18.1 Å². The van der Waals surface area contributed by atoms with Crippen LogP contribution in [0.1, 0.15) is 5.56 Å². The molecular weight excluding hydrogens is 262 g/mol. The van der Waals surface area contributed by atoms with Gasteiger partial charge in [0.2, 0.25) is 5.91 Å². The zero-order chi connectivity index (χ0) is 14.5. The minimum absolute atomic E-state index is 0.216. The molecule has 0 radical (unpaired) electrons. The van der Waals surface area contributed by atoms with E-state index in [2.05, 4.69) is 10.6 Å². The van der Waals surface area contributed by atoms with E-state index in [4.69, 9.17) is 0 Å². The van der Waals surface area contributed by atoms with Gasteiger partial charge >= 0.3 is 0 Å². The summed E-state index contributed by atoms with van der Waals surface area (Å²) in [4.78, 5) is 11.7. The monoisotopic (exact) mass is 276 g/mol. The lowest BCUT2D eigenvalue weighted by molar-refractivity contribution is -0.114. The third-order valence-electron chi connectivity index (χ3n) is 2.69. The van der Waals surface area contributed by atoms with Crippen LogP contribution in [0, 0.1) is 18.6 Å². The molecule has 0 bridgehead atoms. The summed E-state index contributed by atoms with van der Waals surface area (Å²) in [6, 6.07) is 10.8. The lowest BCUT2D eigenvalue weighted by atomic mass is 10.2. The topological polar surface area (TPSA) is 41.1 Å². The molecule has 20 heavy (non-hydrogen) atoms. The van der Waals surface area contributed by atoms with Crippen LogP contribution in [0.25, 0.3) is 0 Å². The molecule has 0 aliphatic heterocycles. The van der Waals surface area contributed by atoms with Crippen molar-refractivity contribution in [3.8, 4) is 0 Å². The van der Waals surface area contributed by atoms with Crippen molar-refractivity contribution >= 4 is 17.3 Å². The van der Waals surface area contributed by atoms with Crippen LogP contribution in [-0.4, -0.2) is 12.5 Å². The van der Waals surface area contributed by atoms with Gasteiger partial charge in [-0.3, -0.25) is 4.79 Å². The molecule has 0 heterocycles. The summed E-state index contributed by atoms with van der Waals surface area (Å²) in [5, 5.41) is 5.10. The number of hydrogen-bond donors (Lipinski definition) is 2. The Morgan fingerprint density at radius 1 is 1.10 bits per heavy atom. The predicted molar refractivity (Wildman–Crippen MR) is 74.7 cm³/mol. The highest BCUT2D eigenvalue weighted by molar-refractivity contribution is 5.93. The van der Waals surface area contributed by atoms with Gasteiger partial charge in [0.05, 0.1) is 6.54 Å². The van der Waals surface area contributed by atoms with Crippen LogP contribution < -0.4 is 10.6 Å². The van der Waals surface area contributed by atoms with E-state index >= 15 is 0 Å². The molecule has 104 valence electrons. The first-order valence-electron chi connectivity index (χ1n) is 6.10. The lowest BCUT2D eigenvalue weighted by Crippen LogP contribution is -2.22. The number of halogens is 2. The first-order valence-corrected chi connectivity index (χ1v) is 6.10. The summed E-state index contributed by atoms with van der Waals surface area (Å²) >= 11 is 0. The fourth-order valence-electron chi connectivity index (χ4n) is 1.76. The second kappa shape index (κ2) is 6.14. The van der Waals surface area contributed by atoms with Crippen molar-refractivity contribution in [2.24, 2.45) is 0 Å². The van der Waals surface area contributed by atoms with Crippen LogP contribution in [0.3, 0.4) is 0 Å². The largest absolute Gasteiger partial charge is 0.371 e. The fraction of sp³-hybridized carbons (Fsp3) is 0.133. The Balaban J connectivity index is 1.96. The van der Waals surface area contributed by atoms with Gasteiger partial charge in [0.1, 0.15) is 17.3 Å². The van der Waals surface area contributed by atoms with Gasteiger partial charge in [-0.1, -0.05) is 18.2 Å². The molecule has 0 aromatic heterocycles. The molecule has 3 nitrogen and oxygen atoms in total. The SMILES string of the molecule is Cc1cccc(NC(=O)CNc2c(F)cccc2F)c1. The highest BCUT2D eigenvalue weighted by Gasteiger charge is 2.09. The second-order valence-corrected chi connectivity index (χ2v) is 4.37. The zero-order valence-corrected chi connectivity index (χ0v) is 10.9. The van der Waals surface area contributed by atoms with E-state index in [0.717, 1.165) is 17.7 Å². The third kappa shape index (κ3) is 3.54. The molecule has 1 amide bonds. The van der Waals surface area contributed by atoms with Crippen molar-refractivity contribution < 1.29 is 13.6 Å².